The number of hydrogen-bond acceptors (Lipinski definition) is 2. The van der Waals surface area contributed by atoms with Crippen molar-refractivity contribution < 1.29 is 22.7 Å². The zero-order valence-corrected chi connectivity index (χ0v) is 18.6. The van der Waals surface area contributed by atoms with Crippen molar-refractivity contribution in [3.63, 3.8) is 0 Å². The molecule has 0 spiro atoms. The van der Waals surface area contributed by atoms with Crippen LogP contribution in [0.4, 0.5) is 13.2 Å². The summed E-state index contributed by atoms with van der Waals surface area (Å²) in [6.07, 6.45) is 2.74. The van der Waals surface area contributed by atoms with Gasteiger partial charge < -0.3 is 4.74 Å². The van der Waals surface area contributed by atoms with Crippen LogP contribution in [0.25, 0.3) is 11.1 Å². The molecule has 0 amide bonds. The van der Waals surface area contributed by atoms with E-state index in [1.165, 1.54) is 51.3 Å². The first-order chi connectivity index (χ1) is 14.3. The van der Waals surface area contributed by atoms with Crippen LogP contribution in [-0.4, -0.2) is 17.9 Å². The summed E-state index contributed by atoms with van der Waals surface area (Å²) < 4.78 is 43.7. The Hall–Kier alpha value is -1.82. The van der Waals surface area contributed by atoms with Gasteiger partial charge in [0.05, 0.1) is 19.1 Å². The molecular formula is C24H26BrF3O2. The third kappa shape index (κ3) is 5.87. The number of benzene rings is 2. The molecular weight excluding hydrogens is 457 g/mol. The highest BCUT2D eigenvalue weighted by Crippen LogP contribution is 2.36. The van der Waals surface area contributed by atoms with Gasteiger partial charge in [-0.25, -0.2) is 0 Å². The zero-order chi connectivity index (χ0) is 21.7. The summed E-state index contributed by atoms with van der Waals surface area (Å²) in [7, 11) is 1.34. The van der Waals surface area contributed by atoms with Gasteiger partial charge in [-0.05, 0) is 59.6 Å². The summed E-state index contributed by atoms with van der Waals surface area (Å²) in [5.41, 5.74) is 2.76. The first-order valence-corrected chi connectivity index (χ1v) is 11.2. The molecule has 2 nitrogen and oxygen atoms in total. The molecule has 6 heteroatoms. The van der Waals surface area contributed by atoms with Crippen LogP contribution in [0.1, 0.15) is 48.8 Å². The van der Waals surface area contributed by atoms with Gasteiger partial charge in [0.2, 0.25) is 0 Å². The van der Waals surface area contributed by atoms with E-state index in [0.29, 0.717) is 16.3 Å². The smallest absolute Gasteiger partial charge is 0.416 e. The van der Waals surface area contributed by atoms with Crippen molar-refractivity contribution in [3.05, 3.63) is 59.2 Å². The molecule has 162 valence electrons. The van der Waals surface area contributed by atoms with E-state index in [4.69, 9.17) is 4.74 Å². The fraction of sp³-hybridized carbons (Fsp3) is 0.458. The Kier molecular flexibility index (Phi) is 7.61. The van der Waals surface area contributed by atoms with E-state index in [-0.39, 0.29) is 12.4 Å². The third-order valence-corrected chi connectivity index (χ3v) is 6.92. The molecule has 2 aromatic rings. The largest absolute Gasteiger partial charge is 0.469 e. The molecule has 0 bridgehead atoms. The molecule has 1 saturated carbocycles. The summed E-state index contributed by atoms with van der Waals surface area (Å²) in [5, 5.41) is 0. The lowest BCUT2D eigenvalue weighted by molar-refractivity contribution is -0.140. The molecule has 30 heavy (non-hydrogen) atoms. The van der Waals surface area contributed by atoms with Crippen molar-refractivity contribution >= 4 is 21.9 Å². The predicted molar refractivity (Wildman–Crippen MR) is 116 cm³/mol. The Balaban J connectivity index is 1.92. The summed E-state index contributed by atoms with van der Waals surface area (Å²) in [6, 6.07) is 11.0. The Labute approximate surface area is 184 Å². The highest BCUT2D eigenvalue weighted by atomic mass is 79.9. The van der Waals surface area contributed by atoms with Crippen molar-refractivity contribution in [1.82, 2.24) is 0 Å². The van der Waals surface area contributed by atoms with Gasteiger partial charge in [-0.2, -0.15) is 13.2 Å². The average molecular weight is 483 g/mol. The van der Waals surface area contributed by atoms with Crippen LogP contribution in [-0.2, 0) is 28.5 Å². The Morgan fingerprint density at radius 2 is 1.77 bits per heavy atom. The van der Waals surface area contributed by atoms with Crippen LogP contribution < -0.4 is 0 Å². The molecule has 1 aliphatic carbocycles. The van der Waals surface area contributed by atoms with E-state index in [2.05, 4.69) is 15.9 Å². The molecule has 0 radical (unpaired) electrons. The number of rotatable bonds is 6. The molecule has 0 N–H and O–H groups in total. The second-order valence-corrected chi connectivity index (χ2v) is 9.11. The minimum Gasteiger partial charge on any atom is -0.469 e. The van der Waals surface area contributed by atoms with E-state index >= 15 is 0 Å². The molecule has 2 aromatic carbocycles. The lowest BCUT2D eigenvalue weighted by atomic mass is 9.84. The van der Waals surface area contributed by atoms with Crippen LogP contribution in [0.3, 0.4) is 0 Å². The summed E-state index contributed by atoms with van der Waals surface area (Å²) in [6.45, 7) is 0. The molecule has 1 aliphatic rings. The van der Waals surface area contributed by atoms with Crippen LogP contribution in [0.5, 0.6) is 0 Å². The van der Waals surface area contributed by atoms with E-state index < -0.39 is 11.7 Å². The quantitative estimate of drug-likeness (QED) is 0.328. The summed E-state index contributed by atoms with van der Waals surface area (Å²) in [4.78, 5) is 12.0. The number of halogens is 4. The van der Waals surface area contributed by atoms with Gasteiger partial charge in [0.15, 0.2) is 0 Å². The lowest BCUT2D eigenvalue weighted by Gasteiger charge is -2.27. The summed E-state index contributed by atoms with van der Waals surface area (Å²) in [5.74, 6) is 0.260. The normalized spacial score (nSPS) is 16.3. The van der Waals surface area contributed by atoms with Crippen LogP contribution >= 0.6 is 15.9 Å². The average Bonchev–Trinajstić information content (AvgIpc) is 2.74. The van der Waals surface area contributed by atoms with E-state index in [0.717, 1.165) is 35.2 Å². The minimum atomic E-state index is -4.37. The molecule has 0 aromatic heterocycles. The third-order valence-electron chi connectivity index (χ3n) is 5.85. The molecule has 3 rings (SSSR count). The zero-order valence-electron chi connectivity index (χ0n) is 17.0. The minimum absolute atomic E-state index is 0.130. The van der Waals surface area contributed by atoms with Gasteiger partial charge in [0.1, 0.15) is 0 Å². The number of ether oxygens (including phenoxy) is 1. The van der Waals surface area contributed by atoms with Crippen molar-refractivity contribution in [2.24, 2.45) is 5.92 Å². The maximum Gasteiger partial charge on any atom is 0.416 e. The van der Waals surface area contributed by atoms with Gasteiger partial charge in [-0.3, -0.25) is 4.79 Å². The maximum absolute atomic E-state index is 13.0. The van der Waals surface area contributed by atoms with Gasteiger partial charge in [-0.15, -0.1) is 0 Å². The number of esters is 1. The maximum atomic E-state index is 13.0. The van der Waals surface area contributed by atoms with E-state index in [1.54, 1.807) is 0 Å². The molecule has 0 heterocycles. The number of hydrogen-bond donors (Lipinski definition) is 0. The Morgan fingerprint density at radius 3 is 2.37 bits per heavy atom. The highest BCUT2D eigenvalue weighted by Gasteiger charge is 2.30. The van der Waals surface area contributed by atoms with Gasteiger partial charge >= 0.3 is 12.1 Å². The lowest BCUT2D eigenvalue weighted by Crippen LogP contribution is -2.20. The first-order valence-electron chi connectivity index (χ1n) is 10.3. The van der Waals surface area contributed by atoms with Crippen molar-refractivity contribution in [2.75, 3.05) is 7.11 Å². The van der Waals surface area contributed by atoms with Gasteiger partial charge in [0.25, 0.3) is 0 Å². The second kappa shape index (κ2) is 9.99. The van der Waals surface area contributed by atoms with Crippen LogP contribution in [0, 0.1) is 5.92 Å². The molecule has 0 aliphatic heterocycles. The molecule has 1 fully saturated rings. The van der Waals surface area contributed by atoms with E-state index in [9.17, 15) is 18.0 Å². The first kappa shape index (κ1) is 22.9. The van der Waals surface area contributed by atoms with Crippen molar-refractivity contribution in [1.29, 1.82) is 0 Å². The van der Waals surface area contributed by atoms with Gasteiger partial charge in [-0.1, -0.05) is 65.5 Å². The highest BCUT2D eigenvalue weighted by molar-refractivity contribution is 9.09. The van der Waals surface area contributed by atoms with E-state index in [1.807, 2.05) is 18.2 Å². The predicted octanol–water partition coefficient (Wildman–Crippen LogP) is 6.97. The van der Waals surface area contributed by atoms with Crippen molar-refractivity contribution in [2.45, 2.75) is 55.9 Å². The SMILES string of the molecule is COC(=O)Cc1ccc(CC(Br)C2CCCCC2)c(-c2ccc(C(F)(F)F)cc2)c1. The van der Waals surface area contributed by atoms with Crippen molar-refractivity contribution in [3.8, 4) is 11.1 Å². The number of alkyl halides is 4. The van der Waals surface area contributed by atoms with Crippen LogP contribution in [0.2, 0.25) is 0 Å². The van der Waals surface area contributed by atoms with Gasteiger partial charge in [0, 0.05) is 4.83 Å². The molecule has 1 unspecified atom stereocenters. The Bertz CT molecular complexity index is 856. The standard InChI is InChI=1S/C24H26BrF3O2/c1-30-23(29)14-16-7-8-19(15-22(25)18-5-3-2-4-6-18)21(13-16)17-9-11-20(12-10-17)24(26,27)28/h7-13,18,22H,2-6,14-15H2,1H3. The molecule has 1 atom stereocenters. The number of carbonyl (C=O) groups excluding carboxylic acids is 1. The molecule has 0 saturated heterocycles. The fourth-order valence-electron chi connectivity index (χ4n) is 4.13. The topological polar surface area (TPSA) is 26.3 Å². The van der Waals surface area contributed by atoms with Crippen LogP contribution in [0.15, 0.2) is 42.5 Å². The Morgan fingerprint density at radius 1 is 1.10 bits per heavy atom. The number of methoxy groups -OCH3 is 1. The fourth-order valence-corrected chi connectivity index (χ4v) is 5.01. The summed E-state index contributed by atoms with van der Waals surface area (Å²) >= 11 is 3.87. The number of carbonyl (C=O) groups is 1. The second-order valence-electron chi connectivity index (χ2n) is 7.94. The monoisotopic (exact) mass is 482 g/mol.